The molecule has 3 aromatic carbocycles. The van der Waals surface area contributed by atoms with Gasteiger partial charge in [0, 0.05) is 30.4 Å². The molecule has 0 radical (unpaired) electrons. The molecule has 5 rings (SSSR count). The summed E-state index contributed by atoms with van der Waals surface area (Å²) in [5.74, 6) is -0.776. The highest BCUT2D eigenvalue weighted by atomic mass is 32.1. The van der Waals surface area contributed by atoms with Crippen LogP contribution in [-0.2, 0) is 27.2 Å². The Labute approximate surface area is 232 Å². The quantitative estimate of drug-likeness (QED) is 0.241. The highest BCUT2D eigenvalue weighted by Crippen LogP contribution is 2.26. The van der Waals surface area contributed by atoms with Crippen LogP contribution in [-0.4, -0.2) is 43.0 Å². The van der Waals surface area contributed by atoms with Crippen LogP contribution in [0.15, 0.2) is 72.1 Å². The van der Waals surface area contributed by atoms with Crippen LogP contribution in [0.2, 0.25) is 0 Å². The second-order valence-corrected chi connectivity index (χ2v) is 11.1. The van der Waals surface area contributed by atoms with Crippen molar-refractivity contribution in [3.05, 3.63) is 83.2 Å². The number of carbonyl (C=O) groups is 3. The molecule has 7 nitrogen and oxygen atoms in total. The number of fused-ring (bicyclic) bond motifs is 2. The van der Waals surface area contributed by atoms with Crippen molar-refractivity contribution in [1.82, 2.24) is 21.3 Å². The molecule has 1 aromatic heterocycles. The second-order valence-electron chi connectivity index (χ2n) is 10.2. The van der Waals surface area contributed by atoms with E-state index in [2.05, 4.69) is 38.8 Å². The van der Waals surface area contributed by atoms with Gasteiger partial charge in [-0.1, -0.05) is 60.7 Å². The average Bonchev–Trinajstić information content (AvgIpc) is 3.35. The largest absolute Gasteiger partial charge is 0.344 e. The van der Waals surface area contributed by atoms with E-state index in [9.17, 15) is 14.4 Å². The SMILES string of the molecule is CC(=O)N[C@@H](Cc1csc2ccccc12)NC(=O)[C@@H](Cc1cccc2ccccc12)NC(=O)C1CCNCC1. The smallest absolute Gasteiger partial charge is 0.244 e. The maximum absolute atomic E-state index is 13.8. The second kappa shape index (κ2) is 12.4. The summed E-state index contributed by atoms with van der Waals surface area (Å²) in [5, 5.41) is 17.6. The highest BCUT2D eigenvalue weighted by Gasteiger charge is 2.29. The third-order valence-corrected chi connectivity index (χ3v) is 8.34. The molecule has 0 saturated carbocycles. The number of hydrogen-bond acceptors (Lipinski definition) is 5. The van der Waals surface area contributed by atoms with Crippen molar-refractivity contribution in [2.24, 2.45) is 5.92 Å². The first kappa shape index (κ1) is 26.8. The van der Waals surface area contributed by atoms with E-state index in [4.69, 9.17) is 0 Å². The molecule has 8 heteroatoms. The van der Waals surface area contributed by atoms with E-state index in [0.29, 0.717) is 12.8 Å². The van der Waals surface area contributed by atoms with Crippen LogP contribution in [0, 0.1) is 5.92 Å². The topological polar surface area (TPSA) is 99.3 Å². The summed E-state index contributed by atoms with van der Waals surface area (Å²) >= 11 is 1.64. The first-order valence-electron chi connectivity index (χ1n) is 13.5. The van der Waals surface area contributed by atoms with Crippen LogP contribution >= 0.6 is 11.3 Å². The Morgan fingerprint density at radius 3 is 2.36 bits per heavy atom. The predicted molar refractivity (Wildman–Crippen MR) is 156 cm³/mol. The lowest BCUT2D eigenvalue weighted by atomic mass is 9.95. The zero-order valence-electron chi connectivity index (χ0n) is 22.0. The standard InChI is InChI=1S/C31H34N4O3S/c1-20(36)33-29(18-24-19-39-28-12-5-4-11-26(24)28)35-31(38)27(34-30(37)22-13-15-32-16-14-22)17-23-9-6-8-21-7-2-3-10-25(21)23/h2-12,19,22,27,29,32H,13-18H2,1H3,(H,33,36)(H,34,37)(H,35,38)/t27-,29-/m1/s1. The van der Waals surface area contributed by atoms with Gasteiger partial charge >= 0.3 is 0 Å². The number of amides is 3. The molecule has 0 unspecified atom stereocenters. The first-order chi connectivity index (χ1) is 19.0. The van der Waals surface area contributed by atoms with Crippen molar-refractivity contribution >= 4 is 49.9 Å². The number of benzene rings is 3. The third kappa shape index (κ3) is 6.64. The first-order valence-corrected chi connectivity index (χ1v) is 14.4. The van der Waals surface area contributed by atoms with Crippen LogP contribution in [0.5, 0.6) is 0 Å². The lowest BCUT2D eigenvalue weighted by Crippen LogP contribution is -2.56. The zero-order chi connectivity index (χ0) is 27.2. The van der Waals surface area contributed by atoms with E-state index < -0.39 is 12.2 Å². The summed E-state index contributed by atoms with van der Waals surface area (Å²) < 4.78 is 1.16. The van der Waals surface area contributed by atoms with Crippen molar-refractivity contribution in [3.63, 3.8) is 0 Å². The molecule has 3 amide bonds. The van der Waals surface area contributed by atoms with Crippen LogP contribution in [0.1, 0.15) is 30.9 Å². The number of rotatable bonds is 9. The molecular formula is C31H34N4O3S. The van der Waals surface area contributed by atoms with Gasteiger partial charge in [0.25, 0.3) is 0 Å². The fourth-order valence-electron chi connectivity index (χ4n) is 5.34. The number of nitrogens with one attached hydrogen (secondary N) is 4. The minimum atomic E-state index is -0.784. The molecule has 39 heavy (non-hydrogen) atoms. The number of thiophene rings is 1. The van der Waals surface area contributed by atoms with Crippen molar-refractivity contribution in [2.75, 3.05) is 13.1 Å². The van der Waals surface area contributed by atoms with Gasteiger partial charge in [-0.2, -0.15) is 0 Å². The lowest BCUT2D eigenvalue weighted by molar-refractivity contribution is -0.132. The van der Waals surface area contributed by atoms with Crippen molar-refractivity contribution in [3.8, 4) is 0 Å². The summed E-state index contributed by atoms with van der Waals surface area (Å²) in [6, 6.07) is 21.4. The molecule has 2 heterocycles. The van der Waals surface area contributed by atoms with E-state index in [-0.39, 0.29) is 23.6 Å². The summed E-state index contributed by atoms with van der Waals surface area (Å²) in [5.41, 5.74) is 2.04. The number of carbonyl (C=O) groups excluding carboxylic acids is 3. The Morgan fingerprint density at radius 1 is 0.846 bits per heavy atom. The van der Waals surface area contributed by atoms with Crippen LogP contribution in [0.3, 0.4) is 0 Å². The molecule has 1 aliphatic heterocycles. The van der Waals surface area contributed by atoms with Crippen molar-refractivity contribution in [1.29, 1.82) is 0 Å². The van der Waals surface area contributed by atoms with Crippen LogP contribution < -0.4 is 21.3 Å². The van der Waals surface area contributed by atoms with Gasteiger partial charge < -0.3 is 21.3 Å². The number of hydrogen-bond donors (Lipinski definition) is 4. The Morgan fingerprint density at radius 2 is 1.56 bits per heavy atom. The van der Waals surface area contributed by atoms with Crippen LogP contribution in [0.25, 0.3) is 20.9 Å². The predicted octanol–water partition coefficient (Wildman–Crippen LogP) is 3.90. The number of piperidine rings is 1. The van der Waals surface area contributed by atoms with Gasteiger partial charge in [-0.15, -0.1) is 11.3 Å². The maximum Gasteiger partial charge on any atom is 0.244 e. The Hall–Kier alpha value is -3.75. The normalized spacial score (nSPS) is 15.5. The summed E-state index contributed by atoms with van der Waals surface area (Å²) in [6.45, 7) is 3.02. The van der Waals surface area contributed by atoms with Gasteiger partial charge in [0.05, 0.1) is 0 Å². The highest BCUT2D eigenvalue weighted by molar-refractivity contribution is 7.17. The Kier molecular flexibility index (Phi) is 8.54. The minimum Gasteiger partial charge on any atom is -0.344 e. The Bertz CT molecular complexity index is 1470. The van der Waals surface area contributed by atoms with Gasteiger partial charge in [-0.3, -0.25) is 14.4 Å². The molecule has 202 valence electrons. The molecule has 0 bridgehead atoms. The fourth-order valence-corrected chi connectivity index (χ4v) is 6.32. The van der Waals surface area contributed by atoms with E-state index >= 15 is 0 Å². The minimum absolute atomic E-state index is 0.100. The summed E-state index contributed by atoms with van der Waals surface area (Å²) in [4.78, 5) is 39.1. The Balaban J connectivity index is 1.39. The molecule has 1 aliphatic rings. The molecule has 1 fully saturated rings. The van der Waals surface area contributed by atoms with E-state index in [1.807, 2.05) is 54.6 Å². The van der Waals surface area contributed by atoms with Gasteiger partial charge in [0.15, 0.2) is 0 Å². The molecule has 2 atom stereocenters. The molecule has 4 N–H and O–H groups in total. The van der Waals surface area contributed by atoms with Crippen LogP contribution in [0.4, 0.5) is 0 Å². The average molecular weight is 543 g/mol. The lowest BCUT2D eigenvalue weighted by Gasteiger charge is -2.27. The van der Waals surface area contributed by atoms with Crippen molar-refractivity contribution < 1.29 is 14.4 Å². The van der Waals surface area contributed by atoms with Gasteiger partial charge in [-0.05, 0) is 64.7 Å². The van der Waals surface area contributed by atoms with Gasteiger partial charge in [0.1, 0.15) is 12.2 Å². The third-order valence-electron chi connectivity index (χ3n) is 7.33. The van der Waals surface area contributed by atoms with E-state index in [1.165, 1.54) is 6.92 Å². The monoisotopic (exact) mass is 542 g/mol. The molecule has 0 aliphatic carbocycles. The molecule has 0 spiro atoms. The maximum atomic E-state index is 13.8. The molecule has 1 saturated heterocycles. The fraction of sp³-hybridized carbons (Fsp3) is 0.323. The van der Waals surface area contributed by atoms with Gasteiger partial charge in [0.2, 0.25) is 17.7 Å². The van der Waals surface area contributed by atoms with Crippen molar-refractivity contribution in [2.45, 2.75) is 44.8 Å². The zero-order valence-corrected chi connectivity index (χ0v) is 22.9. The summed E-state index contributed by atoms with van der Waals surface area (Å²) in [7, 11) is 0. The molecule has 4 aromatic rings. The van der Waals surface area contributed by atoms with Gasteiger partial charge in [-0.25, -0.2) is 0 Å². The molecular weight excluding hydrogens is 508 g/mol. The summed E-state index contributed by atoms with van der Waals surface area (Å²) in [6.07, 6.45) is 1.66. The van der Waals surface area contributed by atoms with E-state index in [1.54, 1.807) is 11.3 Å². The van der Waals surface area contributed by atoms with E-state index in [0.717, 1.165) is 57.9 Å².